The first-order valence-corrected chi connectivity index (χ1v) is 10.4. The number of aryl methyl sites for hydroxylation is 1. The highest BCUT2D eigenvalue weighted by molar-refractivity contribution is 5.93. The molecule has 1 aliphatic carbocycles. The molecule has 2 aromatic rings. The van der Waals surface area contributed by atoms with Crippen molar-refractivity contribution in [3.63, 3.8) is 0 Å². The Morgan fingerprint density at radius 1 is 1.07 bits per heavy atom. The van der Waals surface area contributed by atoms with Crippen molar-refractivity contribution in [1.29, 1.82) is 0 Å². The normalized spacial score (nSPS) is 19.0. The van der Waals surface area contributed by atoms with Gasteiger partial charge < -0.3 is 9.64 Å². The third-order valence-electron chi connectivity index (χ3n) is 6.16. The number of amides is 1. The lowest BCUT2D eigenvalue weighted by Gasteiger charge is -2.40. The van der Waals surface area contributed by atoms with Gasteiger partial charge in [-0.05, 0) is 31.0 Å². The number of ether oxygens (including phenoxy) is 1. The molecule has 1 saturated carbocycles. The van der Waals surface area contributed by atoms with Crippen LogP contribution in [0, 0.1) is 0 Å². The molecule has 0 bridgehead atoms. The van der Waals surface area contributed by atoms with Gasteiger partial charge in [-0.3, -0.25) is 14.4 Å². The lowest BCUT2D eigenvalue weighted by atomic mass is 9.94. The standard InChI is InChI=1S/C22H30N4O2/c1-24-21(16-20(23-24)17-7-6-10-19(15-17)28-2)22(27)26-13-11-25(12-14-26)18-8-4-3-5-9-18/h6-7,10,15-16,18H,3-5,8-9,11-14H2,1-2H3. The van der Waals surface area contributed by atoms with Crippen LogP contribution in [0.15, 0.2) is 30.3 Å². The Hall–Kier alpha value is -2.34. The smallest absolute Gasteiger partial charge is 0.272 e. The fourth-order valence-electron chi connectivity index (χ4n) is 4.49. The van der Waals surface area contributed by atoms with Crippen molar-refractivity contribution in [1.82, 2.24) is 19.6 Å². The predicted octanol–water partition coefficient (Wildman–Crippen LogP) is 3.19. The molecule has 150 valence electrons. The zero-order valence-corrected chi connectivity index (χ0v) is 16.9. The first-order valence-electron chi connectivity index (χ1n) is 10.4. The van der Waals surface area contributed by atoms with Gasteiger partial charge in [-0.2, -0.15) is 5.10 Å². The summed E-state index contributed by atoms with van der Waals surface area (Å²) in [6.45, 7) is 3.57. The van der Waals surface area contributed by atoms with Crippen molar-refractivity contribution in [3.05, 3.63) is 36.0 Å². The van der Waals surface area contributed by atoms with Crippen LogP contribution in [0.5, 0.6) is 5.75 Å². The van der Waals surface area contributed by atoms with Crippen LogP contribution in [0.1, 0.15) is 42.6 Å². The van der Waals surface area contributed by atoms with E-state index >= 15 is 0 Å². The maximum absolute atomic E-state index is 13.1. The molecule has 4 rings (SSSR count). The number of carbonyl (C=O) groups excluding carboxylic acids is 1. The van der Waals surface area contributed by atoms with Crippen LogP contribution in [-0.4, -0.2) is 64.8 Å². The predicted molar refractivity (Wildman–Crippen MR) is 110 cm³/mol. The highest BCUT2D eigenvalue weighted by Crippen LogP contribution is 2.25. The van der Waals surface area contributed by atoms with Gasteiger partial charge in [-0.1, -0.05) is 31.4 Å². The largest absolute Gasteiger partial charge is 0.497 e. The van der Waals surface area contributed by atoms with Gasteiger partial charge in [0.25, 0.3) is 5.91 Å². The minimum atomic E-state index is 0.0763. The molecule has 0 radical (unpaired) electrons. The number of rotatable bonds is 4. The second-order valence-corrected chi connectivity index (χ2v) is 7.89. The Bertz CT molecular complexity index is 818. The maximum Gasteiger partial charge on any atom is 0.272 e. The number of methoxy groups -OCH3 is 1. The third-order valence-corrected chi connectivity index (χ3v) is 6.16. The van der Waals surface area contributed by atoms with Gasteiger partial charge in [0.2, 0.25) is 0 Å². The molecular formula is C22H30N4O2. The molecule has 1 amide bonds. The quantitative estimate of drug-likeness (QED) is 0.815. The fraction of sp³-hybridized carbons (Fsp3) is 0.545. The number of hydrogen-bond acceptors (Lipinski definition) is 4. The molecule has 1 aromatic carbocycles. The average molecular weight is 383 g/mol. The van der Waals surface area contributed by atoms with E-state index in [1.807, 2.05) is 42.3 Å². The number of hydrogen-bond donors (Lipinski definition) is 0. The molecule has 6 nitrogen and oxygen atoms in total. The van der Waals surface area contributed by atoms with E-state index in [4.69, 9.17) is 4.74 Å². The Kier molecular flexibility index (Phi) is 5.67. The van der Waals surface area contributed by atoms with Crippen LogP contribution in [0.25, 0.3) is 11.3 Å². The van der Waals surface area contributed by atoms with E-state index < -0.39 is 0 Å². The average Bonchev–Trinajstić information content (AvgIpc) is 3.15. The summed E-state index contributed by atoms with van der Waals surface area (Å²) in [6, 6.07) is 10.4. The van der Waals surface area contributed by atoms with Crippen LogP contribution >= 0.6 is 0 Å². The van der Waals surface area contributed by atoms with E-state index in [-0.39, 0.29) is 5.91 Å². The van der Waals surface area contributed by atoms with Crippen molar-refractivity contribution in [2.45, 2.75) is 38.1 Å². The second kappa shape index (κ2) is 8.35. The summed E-state index contributed by atoms with van der Waals surface area (Å²) in [7, 11) is 3.49. The van der Waals surface area contributed by atoms with E-state index in [0.717, 1.165) is 49.2 Å². The van der Waals surface area contributed by atoms with Crippen LogP contribution in [0.4, 0.5) is 0 Å². The SMILES string of the molecule is COc1cccc(-c2cc(C(=O)N3CCN(C4CCCCC4)CC3)n(C)n2)c1. The van der Waals surface area contributed by atoms with Crippen LogP contribution in [0.3, 0.4) is 0 Å². The summed E-state index contributed by atoms with van der Waals surface area (Å²) in [6.07, 6.45) is 6.72. The monoisotopic (exact) mass is 382 g/mol. The van der Waals surface area contributed by atoms with Gasteiger partial charge in [-0.15, -0.1) is 0 Å². The molecule has 0 unspecified atom stereocenters. The van der Waals surface area contributed by atoms with Crippen molar-refractivity contribution >= 4 is 5.91 Å². The summed E-state index contributed by atoms with van der Waals surface area (Å²) < 4.78 is 7.00. The molecule has 1 aliphatic heterocycles. The van der Waals surface area contributed by atoms with E-state index in [1.54, 1.807) is 11.8 Å². The zero-order valence-electron chi connectivity index (χ0n) is 16.9. The molecule has 6 heteroatoms. The zero-order chi connectivity index (χ0) is 19.5. The van der Waals surface area contributed by atoms with Crippen molar-refractivity contribution in [3.8, 4) is 17.0 Å². The van der Waals surface area contributed by atoms with Gasteiger partial charge in [0, 0.05) is 44.8 Å². The minimum Gasteiger partial charge on any atom is -0.497 e. The Morgan fingerprint density at radius 3 is 2.54 bits per heavy atom. The first kappa shape index (κ1) is 19.0. The maximum atomic E-state index is 13.1. The molecule has 2 heterocycles. The summed E-state index contributed by atoms with van der Waals surface area (Å²) >= 11 is 0. The van der Waals surface area contributed by atoms with Crippen molar-refractivity contribution < 1.29 is 9.53 Å². The Balaban J connectivity index is 1.43. The molecule has 28 heavy (non-hydrogen) atoms. The molecule has 1 aromatic heterocycles. The fourth-order valence-corrected chi connectivity index (χ4v) is 4.49. The number of piperazine rings is 1. The highest BCUT2D eigenvalue weighted by Gasteiger charge is 2.28. The van der Waals surface area contributed by atoms with Crippen LogP contribution in [-0.2, 0) is 7.05 Å². The van der Waals surface area contributed by atoms with Gasteiger partial charge in [0.1, 0.15) is 11.4 Å². The lowest BCUT2D eigenvalue weighted by molar-refractivity contribution is 0.0514. The number of carbonyl (C=O) groups is 1. The first-order chi connectivity index (χ1) is 13.7. The molecular weight excluding hydrogens is 352 g/mol. The van der Waals surface area contributed by atoms with Gasteiger partial charge >= 0.3 is 0 Å². The highest BCUT2D eigenvalue weighted by atomic mass is 16.5. The number of benzene rings is 1. The van der Waals surface area contributed by atoms with Crippen LogP contribution < -0.4 is 4.74 Å². The summed E-state index contributed by atoms with van der Waals surface area (Å²) in [4.78, 5) is 17.7. The van der Waals surface area contributed by atoms with Crippen LogP contribution in [0.2, 0.25) is 0 Å². The Labute approximate surface area is 167 Å². The van der Waals surface area contributed by atoms with E-state index in [0.29, 0.717) is 5.69 Å². The van der Waals surface area contributed by atoms with E-state index in [2.05, 4.69) is 10.00 Å². The second-order valence-electron chi connectivity index (χ2n) is 7.89. The molecule has 2 aliphatic rings. The van der Waals surface area contributed by atoms with Crippen molar-refractivity contribution in [2.75, 3.05) is 33.3 Å². The molecule has 0 atom stereocenters. The molecule has 2 fully saturated rings. The molecule has 1 saturated heterocycles. The van der Waals surface area contributed by atoms with E-state index in [9.17, 15) is 4.79 Å². The van der Waals surface area contributed by atoms with E-state index in [1.165, 1.54) is 32.1 Å². The Morgan fingerprint density at radius 2 is 1.82 bits per heavy atom. The lowest BCUT2D eigenvalue weighted by Crippen LogP contribution is -2.52. The summed E-state index contributed by atoms with van der Waals surface area (Å²) in [5.74, 6) is 0.863. The minimum absolute atomic E-state index is 0.0763. The molecule has 0 spiro atoms. The van der Waals surface area contributed by atoms with Crippen molar-refractivity contribution in [2.24, 2.45) is 7.05 Å². The van der Waals surface area contributed by atoms with Gasteiger partial charge in [-0.25, -0.2) is 0 Å². The molecule has 0 N–H and O–H groups in total. The summed E-state index contributed by atoms with van der Waals surface area (Å²) in [5, 5.41) is 4.56. The summed E-state index contributed by atoms with van der Waals surface area (Å²) in [5.41, 5.74) is 2.39. The van der Waals surface area contributed by atoms with Gasteiger partial charge in [0.05, 0.1) is 12.8 Å². The van der Waals surface area contributed by atoms with Gasteiger partial charge in [0.15, 0.2) is 0 Å². The topological polar surface area (TPSA) is 50.6 Å². The number of nitrogens with zero attached hydrogens (tertiary/aromatic N) is 4. The third kappa shape index (κ3) is 3.92. The number of aromatic nitrogens is 2.